The van der Waals surface area contributed by atoms with E-state index in [9.17, 15) is 9.59 Å². The first kappa shape index (κ1) is 14.3. The summed E-state index contributed by atoms with van der Waals surface area (Å²) in [6.07, 6.45) is 4.75. The molecule has 2 N–H and O–H groups in total. The lowest BCUT2D eigenvalue weighted by molar-refractivity contribution is -0.120. The maximum atomic E-state index is 12.4. The highest BCUT2D eigenvalue weighted by Gasteiger charge is 2.27. The summed E-state index contributed by atoms with van der Waals surface area (Å²) in [5.41, 5.74) is 0.576. The summed E-state index contributed by atoms with van der Waals surface area (Å²) in [5.74, 6) is 0.235. The fraction of sp³-hybridized carbons (Fsp3) is 0.312. The fourth-order valence-electron chi connectivity index (χ4n) is 2.72. The molecule has 0 spiro atoms. The zero-order chi connectivity index (χ0) is 15.4. The minimum Gasteiger partial charge on any atom is -0.351 e. The van der Waals surface area contributed by atoms with Gasteiger partial charge in [0.1, 0.15) is 0 Å². The Morgan fingerprint density at radius 2 is 2.14 bits per heavy atom. The summed E-state index contributed by atoms with van der Waals surface area (Å²) in [5, 5.41) is 2.93. The minimum absolute atomic E-state index is 0.0109. The van der Waals surface area contributed by atoms with Crippen molar-refractivity contribution in [1.82, 2.24) is 9.97 Å². The Morgan fingerprint density at radius 3 is 2.91 bits per heavy atom. The van der Waals surface area contributed by atoms with Gasteiger partial charge in [0.2, 0.25) is 5.91 Å². The second-order valence-electron chi connectivity index (χ2n) is 5.38. The molecule has 1 saturated heterocycles. The normalized spacial score (nSPS) is 18.0. The molecule has 114 valence electrons. The third kappa shape index (κ3) is 3.16. The number of amides is 1. The molecule has 1 fully saturated rings. The standard InChI is InChI=1S/C16H18N4O2/c21-15(19-13-6-2-1-3-7-13)12-5-4-10-20(11-12)14-16(22)18-9-8-17-14/h1-3,6-9,12H,4-5,10-11H2,(H,18,22)(H,19,21). The van der Waals surface area contributed by atoms with Gasteiger partial charge in [0.05, 0.1) is 5.92 Å². The third-order valence-corrected chi connectivity index (χ3v) is 3.82. The van der Waals surface area contributed by atoms with Crippen molar-refractivity contribution in [3.05, 3.63) is 53.1 Å². The Kier molecular flexibility index (Phi) is 4.18. The molecule has 0 radical (unpaired) electrons. The van der Waals surface area contributed by atoms with Gasteiger partial charge in [-0.1, -0.05) is 18.2 Å². The van der Waals surface area contributed by atoms with Crippen LogP contribution in [0.15, 0.2) is 47.5 Å². The first-order chi connectivity index (χ1) is 10.7. The highest BCUT2D eigenvalue weighted by Crippen LogP contribution is 2.20. The van der Waals surface area contributed by atoms with E-state index >= 15 is 0 Å². The molecule has 1 aliphatic rings. The van der Waals surface area contributed by atoms with Gasteiger partial charge >= 0.3 is 0 Å². The van der Waals surface area contributed by atoms with E-state index in [1.807, 2.05) is 35.2 Å². The summed E-state index contributed by atoms with van der Waals surface area (Å²) in [6, 6.07) is 9.40. The van der Waals surface area contributed by atoms with Crippen molar-refractivity contribution < 1.29 is 4.79 Å². The molecule has 1 aliphatic heterocycles. The van der Waals surface area contributed by atoms with Crippen molar-refractivity contribution in [3.63, 3.8) is 0 Å². The lowest BCUT2D eigenvalue weighted by Gasteiger charge is -2.32. The highest BCUT2D eigenvalue weighted by atomic mass is 16.2. The number of hydrogen-bond donors (Lipinski definition) is 2. The van der Waals surface area contributed by atoms with Crippen LogP contribution in [-0.2, 0) is 4.79 Å². The molecule has 6 heteroatoms. The Morgan fingerprint density at radius 1 is 1.32 bits per heavy atom. The van der Waals surface area contributed by atoms with E-state index in [-0.39, 0.29) is 17.4 Å². The van der Waals surface area contributed by atoms with Crippen molar-refractivity contribution in [1.29, 1.82) is 0 Å². The summed E-state index contributed by atoms with van der Waals surface area (Å²) in [4.78, 5) is 32.8. The zero-order valence-electron chi connectivity index (χ0n) is 12.2. The molecule has 6 nitrogen and oxygen atoms in total. The number of nitrogens with one attached hydrogen (secondary N) is 2. The van der Waals surface area contributed by atoms with E-state index in [0.29, 0.717) is 12.4 Å². The van der Waals surface area contributed by atoms with E-state index in [1.54, 1.807) is 6.20 Å². The van der Waals surface area contributed by atoms with Crippen LogP contribution in [0.2, 0.25) is 0 Å². The fourth-order valence-corrected chi connectivity index (χ4v) is 2.72. The lowest BCUT2D eigenvalue weighted by atomic mass is 9.97. The molecule has 22 heavy (non-hydrogen) atoms. The smallest absolute Gasteiger partial charge is 0.290 e. The second kappa shape index (κ2) is 6.43. The van der Waals surface area contributed by atoms with Crippen LogP contribution in [0, 0.1) is 5.92 Å². The van der Waals surface area contributed by atoms with Gasteiger partial charge in [-0.2, -0.15) is 0 Å². The van der Waals surface area contributed by atoms with Crippen LogP contribution in [0.3, 0.4) is 0 Å². The van der Waals surface area contributed by atoms with Crippen LogP contribution in [0.5, 0.6) is 0 Å². The molecule has 1 amide bonds. The average molecular weight is 298 g/mol. The number of carbonyl (C=O) groups is 1. The van der Waals surface area contributed by atoms with Crippen LogP contribution in [0.25, 0.3) is 0 Å². The maximum absolute atomic E-state index is 12.4. The van der Waals surface area contributed by atoms with Gasteiger partial charge in [0.25, 0.3) is 5.56 Å². The number of para-hydroxylation sites is 1. The van der Waals surface area contributed by atoms with Crippen molar-refractivity contribution in [2.75, 3.05) is 23.3 Å². The van der Waals surface area contributed by atoms with E-state index in [1.165, 1.54) is 6.20 Å². The van der Waals surface area contributed by atoms with E-state index in [4.69, 9.17) is 0 Å². The molecule has 1 aromatic carbocycles. The van der Waals surface area contributed by atoms with Gasteiger partial charge in [-0.25, -0.2) is 4.98 Å². The molecule has 1 aromatic heterocycles. The van der Waals surface area contributed by atoms with Crippen molar-refractivity contribution >= 4 is 17.4 Å². The molecule has 1 atom stereocenters. The SMILES string of the molecule is O=C(Nc1ccccc1)C1CCCN(c2ncc[nH]c2=O)C1. The minimum atomic E-state index is -0.216. The number of anilines is 2. The van der Waals surface area contributed by atoms with E-state index < -0.39 is 0 Å². The number of rotatable bonds is 3. The Labute approximate surface area is 128 Å². The van der Waals surface area contributed by atoms with Crippen molar-refractivity contribution in [2.45, 2.75) is 12.8 Å². The summed E-state index contributed by atoms with van der Waals surface area (Å²) < 4.78 is 0. The van der Waals surface area contributed by atoms with Crippen LogP contribution in [0.4, 0.5) is 11.5 Å². The second-order valence-corrected chi connectivity index (χ2v) is 5.38. The van der Waals surface area contributed by atoms with Gasteiger partial charge in [-0.05, 0) is 25.0 Å². The van der Waals surface area contributed by atoms with Gasteiger partial charge in [-0.15, -0.1) is 0 Å². The number of aromatic nitrogens is 2. The Balaban J connectivity index is 1.69. The summed E-state index contributed by atoms with van der Waals surface area (Å²) in [7, 11) is 0. The molecule has 0 aliphatic carbocycles. The molecule has 1 unspecified atom stereocenters. The quantitative estimate of drug-likeness (QED) is 0.902. The zero-order valence-corrected chi connectivity index (χ0v) is 12.2. The largest absolute Gasteiger partial charge is 0.351 e. The van der Waals surface area contributed by atoms with Crippen LogP contribution >= 0.6 is 0 Å². The molecule has 2 aromatic rings. The molecule has 0 bridgehead atoms. The monoisotopic (exact) mass is 298 g/mol. The first-order valence-electron chi connectivity index (χ1n) is 7.38. The van der Waals surface area contributed by atoms with Crippen molar-refractivity contribution in [3.8, 4) is 0 Å². The Bertz CT molecular complexity index is 699. The average Bonchev–Trinajstić information content (AvgIpc) is 2.56. The first-order valence-corrected chi connectivity index (χ1v) is 7.38. The topological polar surface area (TPSA) is 78.1 Å². The lowest BCUT2D eigenvalue weighted by Crippen LogP contribution is -2.43. The predicted octanol–water partition coefficient (Wildman–Crippen LogP) is 1.62. The number of carbonyl (C=O) groups excluding carboxylic acids is 1. The number of benzene rings is 1. The molecule has 0 saturated carbocycles. The van der Waals surface area contributed by atoms with Crippen molar-refractivity contribution in [2.24, 2.45) is 5.92 Å². The van der Waals surface area contributed by atoms with Gasteiger partial charge < -0.3 is 15.2 Å². The van der Waals surface area contributed by atoms with Gasteiger partial charge in [0.15, 0.2) is 5.82 Å². The number of hydrogen-bond acceptors (Lipinski definition) is 4. The maximum Gasteiger partial charge on any atom is 0.290 e. The van der Waals surface area contributed by atoms with Crippen LogP contribution < -0.4 is 15.8 Å². The van der Waals surface area contributed by atoms with E-state index in [2.05, 4.69) is 15.3 Å². The van der Waals surface area contributed by atoms with Gasteiger partial charge in [-0.3, -0.25) is 9.59 Å². The molecular weight excluding hydrogens is 280 g/mol. The third-order valence-electron chi connectivity index (χ3n) is 3.82. The van der Waals surface area contributed by atoms with Crippen LogP contribution in [0.1, 0.15) is 12.8 Å². The molecule has 3 rings (SSSR count). The van der Waals surface area contributed by atoms with Gasteiger partial charge in [0, 0.05) is 31.2 Å². The number of piperidine rings is 1. The Hall–Kier alpha value is -2.63. The number of aromatic amines is 1. The number of nitrogens with zero attached hydrogens (tertiary/aromatic N) is 2. The molecular formula is C16H18N4O2. The highest BCUT2D eigenvalue weighted by molar-refractivity contribution is 5.93. The van der Waals surface area contributed by atoms with E-state index in [0.717, 1.165) is 25.1 Å². The molecule has 2 heterocycles. The summed E-state index contributed by atoms with van der Waals surface area (Å²) >= 11 is 0. The summed E-state index contributed by atoms with van der Waals surface area (Å²) in [6.45, 7) is 1.26. The van der Waals surface area contributed by atoms with Crippen LogP contribution in [-0.4, -0.2) is 29.0 Å². The predicted molar refractivity (Wildman–Crippen MR) is 84.9 cm³/mol. The number of H-pyrrole nitrogens is 1.